The quantitative estimate of drug-likeness (QED) is 0.482. The molecule has 0 aromatic heterocycles. The Bertz CT molecular complexity index is 80.9. The van der Waals surface area contributed by atoms with E-state index in [2.05, 4.69) is 25.7 Å². The Morgan fingerprint density at radius 1 is 1.18 bits per heavy atom. The van der Waals surface area contributed by atoms with Gasteiger partial charge in [-0.25, -0.2) is 10.2 Å². The molecule has 0 heterocycles. The maximum Gasteiger partial charge on any atom is 0.231 e. The Balaban J connectivity index is -0.000000140. The molecule has 4 nitrogen and oxygen atoms in total. The van der Waals surface area contributed by atoms with E-state index < -0.39 is 0 Å². The van der Waals surface area contributed by atoms with Crippen molar-refractivity contribution in [3.8, 4) is 0 Å². The smallest absolute Gasteiger partial charge is 0.231 e. The molecular weight excluding hydrogens is 144 g/mol. The fourth-order valence-corrected chi connectivity index (χ4v) is 0.671. The number of nitrogens with one attached hydrogen (secondary N) is 1. The van der Waals surface area contributed by atoms with Gasteiger partial charge in [-0.15, -0.1) is 0 Å². The van der Waals surface area contributed by atoms with Crippen molar-refractivity contribution in [2.24, 2.45) is 0 Å². The summed E-state index contributed by atoms with van der Waals surface area (Å²) in [6, 6.07) is 0. The summed E-state index contributed by atoms with van der Waals surface area (Å²) in [7, 11) is 0. The van der Waals surface area contributed by atoms with Crippen molar-refractivity contribution in [2.45, 2.75) is 20.8 Å². The van der Waals surface area contributed by atoms with Gasteiger partial charge in [-0.05, 0) is 19.6 Å². The van der Waals surface area contributed by atoms with Gasteiger partial charge >= 0.3 is 0 Å². The van der Waals surface area contributed by atoms with E-state index in [1.54, 1.807) is 0 Å². The summed E-state index contributed by atoms with van der Waals surface area (Å²) in [5.74, 6) is 0. The standard InChI is InChI=1S/C6H15N.CHNO.H2O/c1-4-7(5-2)6-3;2-1-3;/h4-6H2,1-3H3;2H;1H2. The summed E-state index contributed by atoms with van der Waals surface area (Å²) in [5, 5.41) is 5.40. The fraction of sp³-hybridized carbons (Fsp3) is 0.857. The fourth-order valence-electron chi connectivity index (χ4n) is 0.671. The first kappa shape index (κ1) is 16.7. The van der Waals surface area contributed by atoms with Gasteiger partial charge in [0.15, 0.2) is 0 Å². The molecule has 0 saturated heterocycles. The lowest BCUT2D eigenvalue weighted by atomic mass is 10.5. The van der Waals surface area contributed by atoms with Gasteiger partial charge in [-0.3, -0.25) is 0 Å². The molecule has 0 aliphatic rings. The van der Waals surface area contributed by atoms with E-state index in [9.17, 15) is 0 Å². The van der Waals surface area contributed by atoms with E-state index in [4.69, 9.17) is 10.2 Å². The first-order valence-electron chi connectivity index (χ1n) is 3.52. The molecule has 0 bridgehead atoms. The minimum atomic E-state index is 0. The van der Waals surface area contributed by atoms with Crippen LogP contribution in [-0.4, -0.2) is 36.1 Å². The zero-order valence-corrected chi connectivity index (χ0v) is 7.48. The minimum absolute atomic E-state index is 0. The van der Waals surface area contributed by atoms with Crippen molar-refractivity contribution in [3.05, 3.63) is 0 Å². The summed E-state index contributed by atoms with van der Waals surface area (Å²) in [5.41, 5.74) is 0. The predicted molar refractivity (Wildman–Crippen MR) is 45.5 cm³/mol. The second-order valence-electron chi connectivity index (χ2n) is 1.72. The molecule has 0 aromatic carbocycles. The Morgan fingerprint density at radius 3 is 1.36 bits per heavy atom. The van der Waals surface area contributed by atoms with Gasteiger partial charge in [0.25, 0.3) is 0 Å². The van der Waals surface area contributed by atoms with Gasteiger partial charge in [-0.2, -0.15) is 0 Å². The third-order valence-corrected chi connectivity index (χ3v) is 1.34. The van der Waals surface area contributed by atoms with Crippen molar-refractivity contribution in [3.63, 3.8) is 0 Å². The summed E-state index contributed by atoms with van der Waals surface area (Å²) < 4.78 is 0. The molecule has 0 amide bonds. The molecule has 68 valence electrons. The number of rotatable bonds is 3. The van der Waals surface area contributed by atoms with Crippen LogP contribution in [0.2, 0.25) is 0 Å². The monoisotopic (exact) mass is 162 g/mol. The van der Waals surface area contributed by atoms with Crippen molar-refractivity contribution in [1.82, 2.24) is 4.90 Å². The lowest BCUT2D eigenvalue weighted by molar-refractivity contribution is 0.321. The van der Waals surface area contributed by atoms with E-state index in [0.29, 0.717) is 0 Å². The molecule has 11 heavy (non-hydrogen) atoms. The summed E-state index contributed by atoms with van der Waals surface area (Å²) in [4.78, 5) is 10.7. The number of carbonyl (C=O) groups excluding carboxylic acids is 1. The molecule has 0 saturated carbocycles. The Kier molecular flexibility index (Phi) is 24.5. The zero-order chi connectivity index (χ0) is 8.41. The summed E-state index contributed by atoms with van der Waals surface area (Å²) in [6.07, 6.45) is 0.750. The highest BCUT2D eigenvalue weighted by atomic mass is 16.1. The van der Waals surface area contributed by atoms with Crippen LogP contribution in [0.15, 0.2) is 0 Å². The summed E-state index contributed by atoms with van der Waals surface area (Å²) in [6.45, 7) is 10.1. The maximum absolute atomic E-state index is 8.35. The lowest BCUT2D eigenvalue weighted by Crippen LogP contribution is -2.21. The third kappa shape index (κ3) is 17.6. The van der Waals surface area contributed by atoms with E-state index >= 15 is 0 Å². The van der Waals surface area contributed by atoms with E-state index in [-0.39, 0.29) is 5.48 Å². The SMILES string of the molecule is CCN(CC)CC.N=C=O.O. The topological polar surface area (TPSA) is 75.7 Å². The van der Waals surface area contributed by atoms with Crippen LogP contribution < -0.4 is 0 Å². The van der Waals surface area contributed by atoms with Crippen LogP contribution in [0.3, 0.4) is 0 Å². The number of isocyanates is 1. The number of nitrogens with zero attached hydrogens (tertiary/aromatic N) is 1. The third-order valence-electron chi connectivity index (χ3n) is 1.34. The first-order chi connectivity index (χ1) is 4.76. The second-order valence-corrected chi connectivity index (χ2v) is 1.72. The Labute approximate surface area is 68.0 Å². The van der Waals surface area contributed by atoms with Gasteiger partial charge in [0.2, 0.25) is 6.08 Å². The molecule has 0 radical (unpaired) electrons. The second kappa shape index (κ2) is 16.1. The zero-order valence-electron chi connectivity index (χ0n) is 7.48. The Hall–Kier alpha value is -0.700. The highest BCUT2D eigenvalue weighted by Crippen LogP contribution is 1.81. The van der Waals surface area contributed by atoms with Gasteiger partial charge in [0.05, 0.1) is 0 Å². The Morgan fingerprint density at radius 2 is 1.36 bits per heavy atom. The van der Waals surface area contributed by atoms with Gasteiger partial charge in [-0.1, -0.05) is 20.8 Å². The normalized spacial score (nSPS) is 7.27. The van der Waals surface area contributed by atoms with Gasteiger partial charge in [0.1, 0.15) is 0 Å². The predicted octanol–water partition coefficient (Wildman–Crippen LogP) is 0.424. The molecule has 0 aliphatic carbocycles. The van der Waals surface area contributed by atoms with Crippen LogP contribution >= 0.6 is 0 Å². The van der Waals surface area contributed by atoms with Gasteiger partial charge in [0, 0.05) is 0 Å². The largest absolute Gasteiger partial charge is 0.412 e. The molecule has 0 rings (SSSR count). The van der Waals surface area contributed by atoms with Gasteiger partial charge < -0.3 is 10.4 Å². The molecule has 0 unspecified atom stereocenters. The van der Waals surface area contributed by atoms with Crippen molar-refractivity contribution in [1.29, 1.82) is 5.41 Å². The van der Waals surface area contributed by atoms with E-state index in [1.165, 1.54) is 19.6 Å². The van der Waals surface area contributed by atoms with Crippen molar-refractivity contribution in [2.75, 3.05) is 19.6 Å². The summed E-state index contributed by atoms with van der Waals surface area (Å²) >= 11 is 0. The molecule has 0 aliphatic heterocycles. The first-order valence-corrected chi connectivity index (χ1v) is 3.52. The van der Waals surface area contributed by atoms with Crippen LogP contribution in [0.25, 0.3) is 0 Å². The lowest BCUT2D eigenvalue weighted by Gasteiger charge is -2.13. The van der Waals surface area contributed by atoms with Crippen molar-refractivity contribution >= 4 is 6.08 Å². The van der Waals surface area contributed by atoms with Crippen molar-refractivity contribution < 1.29 is 10.3 Å². The van der Waals surface area contributed by atoms with Crippen LogP contribution in [0.1, 0.15) is 20.8 Å². The van der Waals surface area contributed by atoms with Crippen LogP contribution in [0.4, 0.5) is 0 Å². The molecule has 0 spiro atoms. The number of hydrogen-bond donors (Lipinski definition) is 1. The molecule has 0 atom stereocenters. The minimum Gasteiger partial charge on any atom is -0.412 e. The molecule has 0 aromatic rings. The maximum atomic E-state index is 8.35. The molecule has 0 fully saturated rings. The van der Waals surface area contributed by atoms with Crippen LogP contribution in [0.5, 0.6) is 0 Å². The number of hydrogen-bond acceptors (Lipinski definition) is 3. The van der Waals surface area contributed by atoms with E-state index in [0.717, 1.165) is 6.08 Å². The van der Waals surface area contributed by atoms with Crippen LogP contribution in [-0.2, 0) is 4.79 Å². The van der Waals surface area contributed by atoms with Crippen LogP contribution in [0, 0.1) is 5.41 Å². The highest BCUT2D eigenvalue weighted by Gasteiger charge is 1.89. The van der Waals surface area contributed by atoms with E-state index in [1.807, 2.05) is 0 Å². The molecular formula is C7H18N2O2. The average molecular weight is 162 g/mol. The average Bonchev–Trinajstić information content (AvgIpc) is 1.93. The molecule has 3 N–H and O–H groups in total. The molecule has 4 heteroatoms. The highest BCUT2D eigenvalue weighted by molar-refractivity contribution is 5.26.